The van der Waals surface area contributed by atoms with E-state index in [-0.39, 0.29) is 98.4 Å². The number of phenolic OH excluding ortho intramolecular Hbond substituents is 1. The van der Waals surface area contributed by atoms with E-state index in [1.807, 2.05) is 27.7 Å². The molecule has 2 heterocycles. The highest BCUT2D eigenvalue weighted by Gasteiger charge is 2.47. The Kier molecular flexibility index (Phi) is 23.7. The van der Waals surface area contributed by atoms with E-state index in [9.17, 15) is 38.7 Å². The minimum Gasteiger partial charge on any atom is -0.508 e. The fraction of sp³-hybridized carbons (Fsp3) is 0.740. The number of hydrogen-bond acceptors (Lipinski definition) is 15. The first-order chi connectivity index (χ1) is 32.1. The zero-order chi connectivity index (χ0) is 50.2. The van der Waals surface area contributed by atoms with Crippen LogP contribution in [0.1, 0.15) is 137 Å². The van der Waals surface area contributed by atoms with Gasteiger partial charge in [-0.1, -0.05) is 50.7 Å². The van der Waals surface area contributed by atoms with Gasteiger partial charge in [-0.2, -0.15) is 0 Å². The summed E-state index contributed by atoms with van der Waals surface area (Å²) in [7, 11) is 2.61. The molecule has 2 saturated heterocycles. The van der Waals surface area contributed by atoms with Crippen LogP contribution in [0.25, 0.3) is 0 Å². The van der Waals surface area contributed by atoms with E-state index in [0.29, 0.717) is 31.4 Å². The number of aromatic hydroxyl groups is 1. The molecule has 0 bridgehead atoms. The fourth-order valence-corrected chi connectivity index (χ4v) is 9.86. The van der Waals surface area contributed by atoms with Gasteiger partial charge in [-0.15, -0.1) is 12.4 Å². The number of halogens is 1. The van der Waals surface area contributed by atoms with Gasteiger partial charge in [0.25, 0.3) is 0 Å². The molecule has 5 rings (SSSR count). The first kappa shape index (κ1) is 58.8. The largest absolute Gasteiger partial charge is 0.508 e. The zero-order valence-electron chi connectivity index (χ0n) is 42.0. The first-order valence-corrected chi connectivity index (χ1v) is 24.3. The van der Waals surface area contributed by atoms with Crippen LogP contribution in [0.2, 0.25) is 0 Å². The smallest absolute Gasteiger partial charge is 0.328 e. The standard InChI is InChI=1S/C29H42N2O8.C21H36N2O6.ClH/c1-19(32)38-14-13-29(2,3)39-23-17-24(28(36)37-4)31(18-23)27(35)26(21-10-6-5-7-11-21)30-25(34)16-20-9-8-12-22(33)15-20;1-14(24)28-11-10-21(2,3)29-16-12-17(20(26)27-4)23(13-16)19(25)18(22)15-8-6-5-7-9-15;/h8-9,12,15,21,23-24,26,33H,5-7,10-11,13-14,16-18H2,1-4H3,(H,30,34);15-18H,5-13,22H2,1-4H3;1H/t23-,24+,26+;16-,17+,18+;/m11./s1. The van der Waals surface area contributed by atoms with Crippen molar-refractivity contribution in [1.29, 1.82) is 0 Å². The highest BCUT2D eigenvalue weighted by Crippen LogP contribution is 2.34. The zero-order valence-corrected chi connectivity index (χ0v) is 42.8. The summed E-state index contributed by atoms with van der Waals surface area (Å²) < 4.78 is 32.5. The number of benzene rings is 1. The molecule has 3 amide bonds. The summed E-state index contributed by atoms with van der Waals surface area (Å²) in [4.78, 5) is 90.4. The van der Waals surface area contributed by atoms with Crippen molar-refractivity contribution >= 4 is 54.0 Å². The van der Waals surface area contributed by atoms with E-state index in [1.165, 1.54) is 56.4 Å². The number of methoxy groups -OCH3 is 2. The van der Waals surface area contributed by atoms with Crippen molar-refractivity contribution in [3.63, 3.8) is 0 Å². The molecule has 19 heteroatoms. The Labute approximate surface area is 414 Å². The number of carbonyl (C=O) groups excluding carboxylic acids is 7. The number of hydrogen-bond donors (Lipinski definition) is 3. The molecule has 0 spiro atoms. The summed E-state index contributed by atoms with van der Waals surface area (Å²) >= 11 is 0. The van der Waals surface area contributed by atoms with E-state index in [2.05, 4.69) is 5.32 Å². The molecule has 4 N–H and O–H groups in total. The number of nitrogens with zero attached hydrogens (tertiary/aromatic N) is 2. The molecule has 69 heavy (non-hydrogen) atoms. The van der Waals surface area contributed by atoms with Crippen LogP contribution < -0.4 is 11.1 Å². The molecule has 2 saturated carbocycles. The number of nitrogens with one attached hydrogen (secondary N) is 1. The second kappa shape index (κ2) is 27.8. The Morgan fingerprint density at radius 3 is 1.59 bits per heavy atom. The highest BCUT2D eigenvalue weighted by atomic mass is 35.5. The third-order valence-corrected chi connectivity index (χ3v) is 13.5. The summed E-state index contributed by atoms with van der Waals surface area (Å²) in [5.74, 6) is -2.32. The van der Waals surface area contributed by atoms with Crippen molar-refractivity contribution in [2.75, 3.05) is 40.5 Å². The van der Waals surface area contributed by atoms with Crippen LogP contribution in [-0.4, -0.2) is 145 Å². The summed E-state index contributed by atoms with van der Waals surface area (Å²) in [5.41, 5.74) is 5.73. The molecule has 1 aromatic carbocycles. The van der Waals surface area contributed by atoms with Crippen molar-refractivity contribution in [3.8, 4) is 5.75 Å². The molecule has 2 aliphatic heterocycles. The summed E-state index contributed by atoms with van der Waals surface area (Å²) in [5, 5.41) is 12.7. The predicted octanol–water partition coefficient (Wildman–Crippen LogP) is 5.10. The van der Waals surface area contributed by atoms with Gasteiger partial charge >= 0.3 is 23.9 Å². The van der Waals surface area contributed by atoms with Crippen LogP contribution >= 0.6 is 12.4 Å². The summed E-state index contributed by atoms with van der Waals surface area (Å²) in [6, 6.07) is 3.58. The number of nitrogens with two attached hydrogens (primary N) is 1. The molecule has 2 aliphatic carbocycles. The van der Waals surface area contributed by atoms with E-state index >= 15 is 0 Å². The summed E-state index contributed by atoms with van der Waals surface area (Å²) in [6.45, 7) is 11.2. The maximum absolute atomic E-state index is 14.0. The molecule has 0 aromatic heterocycles. The number of esters is 4. The van der Waals surface area contributed by atoms with Crippen LogP contribution in [0.15, 0.2) is 24.3 Å². The van der Waals surface area contributed by atoms with Gasteiger partial charge in [0.1, 0.15) is 23.9 Å². The van der Waals surface area contributed by atoms with Crippen LogP contribution in [0, 0.1) is 11.8 Å². The topological polar surface area (TPSA) is 240 Å². The molecule has 18 nitrogen and oxygen atoms in total. The minimum absolute atomic E-state index is 0. The monoisotopic (exact) mass is 995 g/mol. The molecule has 390 valence electrons. The second-order valence-electron chi connectivity index (χ2n) is 19.9. The average molecular weight is 996 g/mol. The predicted molar refractivity (Wildman–Crippen MR) is 257 cm³/mol. The van der Waals surface area contributed by atoms with Gasteiger partial charge in [-0.3, -0.25) is 24.0 Å². The quantitative estimate of drug-likeness (QED) is 0.121. The highest BCUT2D eigenvalue weighted by molar-refractivity contribution is 5.92. The summed E-state index contributed by atoms with van der Waals surface area (Å²) in [6.07, 6.45) is 10.8. The van der Waals surface area contributed by atoms with E-state index in [1.54, 1.807) is 12.1 Å². The minimum atomic E-state index is -0.828. The van der Waals surface area contributed by atoms with Crippen LogP contribution in [0.4, 0.5) is 0 Å². The van der Waals surface area contributed by atoms with Gasteiger partial charge in [0, 0.05) is 52.6 Å². The average Bonchev–Trinajstić information content (AvgIpc) is 3.91. The SMILES string of the molecule is COC(=O)[C@@H]1C[C@@H](OC(C)(C)CCOC(C)=O)CN1C(=O)[C@@H](N)C1CCCCC1.COC(=O)[C@@H]1C[C@@H](OC(C)(C)CCOC(C)=O)CN1C(=O)[C@@H](NC(=O)Cc1cccc(O)c1)C1CCCCC1.Cl. The fourth-order valence-electron chi connectivity index (χ4n) is 9.86. The number of rotatable bonds is 19. The molecule has 4 aliphatic rings. The number of likely N-dealkylation sites (tertiary alicyclic amines) is 2. The molecule has 4 fully saturated rings. The van der Waals surface area contributed by atoms with E-state index < -0.39 is 53.4 Å². The normalized spacial score (nSPS) is 21.9. The maximum Gasteiger partial charge on any atom is 0.328 e. The lowest BCUT2D eigenvalue weighted by Crippen LogP contribution is -2.55. The van der Waals surface area contributed by atoms with Crippen LogP contribution in [-0.2, 0) is 68.4 Å². The number of phenols is 1. The lowest BCUT2D eigenvalue weighted by atomic mass is 9.83. The molecule has 0 radical (unpaired) electrons. The van der Waals surface area contributed by atoms with Gasteiger partial charge in [-0.05, 0) is 82.9 Å². The maximum atomic E-state index is 14.0. The van der Waals surface area contributed by atoms with Crippen molar-refractivity contribution in [1.82, 2.24) is 15.1 Å². The number of ether oxygens (including phenoxy) is 6. The van der Waals surface area contributed by atoms with Crippen molar-refractivity contribution in [3.05, 3.63) is 29.8 Å². The first-order valence-electron chi connectivity index (χ1n) is 24.3. The Balaban J connectivity index is 0.000000376. The third-order valence-electron chi connectivity index (χ3n) is 13.5. The van der Waals surface area contributed by atoms with Crippen LogP contribution in [0.3, 0.4) is 0 Å². The van der Waals surface area contributed by atoms with E-state index in [4.69, 9.17) is 34.2 Å². The Morgan fingerprint density at radius 2 is 1.16 bits per heavy atom. The number of amides is 3. The van der Waals surface area contributed by atoms with Gasteiger partial charge < -0.3 is 54.4 Å². The van der Waals surface area contributed by atoms with Crippen molar-refractivity contribution in [2.24, 2.45) is 17.6 Å². The molecule has 1 aromatic rings. The molecular weight excluding hydrogens is 916 g/mol. The van der Waals surface area contributed by atoms with Gasteiger partial charge in [-0.25, -0.2) is 9.59 Å². The lowest BCUT2D eigenvalue weighted by molar-refractivity contribution is -0.152. The molecule has 0 unspecified atom stereocenters. The Hall–Kier alpha value is -4.52. The van der Waals surface area contributed by atoms with Crippen LogP contribution in [0.5, 0.6) is 5.75 Å². The molecular formula is C50H79ClN4O14. The third kappa shape index (κ3) is 18.6. The van der Waals surface area contributed by atoms with Gasteiger partial charge in [0.05, 0.1) is 63.3 Å². The lowest BCUT2D eigenvalue weighted by Gasteiger charge is -2.34. The Bertz CT molecular complexity index is 1870. The van der Waals surface area contributed by atoms with Gasteiger partial charge in [0.2, 0.25) is 17.7 Å². The van der Waals surface area contributed by atoms with Gasteiger partial charge in [0.15, 0.2) is 0 Å². The van der Waals surface area contributed by atoms with Crippen molar-refractivity contribution in [2.45, 2.75) is 185 Å². The van der Waals surface area contributed by atoms with Crippen molar-refractivity contribution < 1.29 is 67.1 Å². The van der Waals surface area contributed by atoms with E-state index in [0.717, 1.165) is 57.8 Å². The second-order valence-corrected chi connectivity index (χ2v) is 19.9. The molecule has 6 atom stereocenters. The Morgan fingerprint density at radius 1 is 0.710 bits per heavy atom. The number of carbonyl (C=O) groups is 7.